The van der Waals surface area contributed by atoms with Crippen molar-refractivity contribution in [1.29, 1.82) is 0 Å². The van der Waals surface area contributed by atoms with Gasteiger partial charge >= 0.3 is 11.9 Å². The van der Waals surface area contributed by atoms with Crippen molar-refractivity contribution in [2.24, 2.45) is 0 Å². The Labute approximate surface area is 286 Å². The molecule has 0 rings (SSSR count). The average Bonchev–Trinajstić information content (AvgIpc) is 3.05. The second-order valence-corrected chi connectivity index (χ2v) is 13.6. The molecule has 0 N–H and O–H groups in total. The SMILES string of the molecule is CCCCCC/C=C\CCCCCCCC(=O)OCC(COCCCCCCCC)OC(=O)CCCCCCCCCCCCC. The average molecular weight is 651 g/mol. The standard InChI is InChI=1S/C41H78O5/c1-4-7-10-13-16-18-20-21-23-24-26-28-31-34-40(42)45-38-39(37-44-36-33-30-15-12-9-6-3)46-41(43)35-32-29-27-25-22-19-17-14-11-8-5-2/h18,20,39H,4-17,19,21-38H2,1-3H3/b20-18-. The van der Waals surface area contributed by atoms with Gasteiger partial charge in [-0.25, -0.2) is 0 Å². The molecule has 0 amide bonds. The first kappa shape index (κ1) is 44.6. The molecule has 272 valence electrons. The molecule has 0 aliphatic carbocycles. The van der Waals surface area contributed by atoms with E-state index in [2.05, 4.69) is 32.9 Å². The van der Waals surface area contributed by atoms with Crippen LogP contribution >= 0.6 is 0 Å². The summed E-state index contributed by atoms with van der Waals surface area (Å²) in [5.74, 6) is -0.403. The highest BCUT2D eigenvalue weighted by Crippen LogP contribution is 2.14. The summed E-state index contributed by atoms with van der Waals surface area (Å²) >= 11 is 0. The van der Waals surface area contributed by atoms with Crippen molar-refractivity contribution < 1.29 is 23.8 Å². The van der Waals surface area contributed by atoms with Gasteiger partial charge in [0.05, 0.1) is 6.61 Å². The van der Waals surface area contributed by atoms with Gasteiger partial charge in [0.25, 0.3) is 0 Å². The fourth-order valence-electron chi connectivity index (χ4n) is 5.74. The third kappa shape index (κ3) is 35.5. The van der Waals surface area contributed by atoms with Gasteiger partial charge in [-0.15, -0.1) is 0 Å². The van der Waals surface area contributed by atoms with E-state index >= 15 is 0 Å². The first-order chi connectivity index (χ1) is 22.6. The van der Waals surface area contributed by atoms with Gasteiger partial charge in [0.2, 0.25) is 0 Å². The highest BCUT2D eigenvalue weighted by molar-refractivity contribution is 5.70. The lowest BCUT2D eigenvalue weighted by Gasteiger charge is -2.18. The Balaban J connectivity index is 4.14. The summed E-state index contributed by atoms with van der Waals surface area (Å²) in [5.41, 5.74) is 0. The van der Waals surface area contributed by atoms with Crippen molar-refractivity contribution in [3.63, 3.8) is 0 Å². The van der Waals surface area contributed by atoms with E-state index in [0.29, 0.717) is 26.1 Å². The summed E-state index contributed by atoms with van der Waals surface area (Å²) in [7, 11) is 0. The van der Waals surface area contributed by atoms with Crippen LogP contribution in [0.15, 0.2) is 12.2 Å². The Kier molecular flexibility index (Phi) is 37.0. The molecule has 0 fully saturated rings. The van der Waals surface area contributed by atoms with Crippen LogP contribution in [-0.4, -0.2) is 37.9 Å². The molecule has 1 atom stereocenters. The third-order valence-electron chi connectivity index (χ3n) is 8.80. The van der Waals surface area contributed by atoms with E-state index in [9.17, 15) is 9.59 Å². The van der Waals surface area contributed by atoms with Crippen molar-refractivity contribution in [1.82, 2.24) is 0 Å². The molecule has 0 aliphatic rings. The molecule has 0 aromatic rings. The molecule has 46 heavy (non-hydrogen) atoms. The Morgan fingerprint density at radius 2 is 0.848 bits per heavy atom. The molecule has 0 radical (unpaired) electrons. The molecular formula is C41H78O5. The summed E-state index contributed by atoms with van der Waals surface area (Å²) in [6.07, 6.45) is 39.2. The zero-order chi connectivity index (χ0) is 33.6. The fourth-order valence-corrected chi connectivity index (χ4v) is 5.74. The normalized spacial score (nSPS) is 12.2. The summed E-state index contributed by atoms with van der Waals surface area (Å²) < 4.78 is 17.1. The van der Waals surface area contributed by atoms with Crippen molar-refractivity contribution in [3.8, 4) is 0 Å². The maximum Gasteiger partial charge on any atom is 0.306 e. The third-order valence-corrected chi connectivity index (χ3v) is 8.80. The number of hydrogen-bond acceptors (Lipinski definition) is 5. The van der Waals surface area contributed by atoms with Crippen LogP contribution in [0.25, 0.3) is 0 Å². The Morgan fingerprint density at radius 1 is 0.457 bits per heavy atom. The zero-order valence-electron chi connectivity index (χ0n) is 31.1. The van der Waals surface area contributed by atoms with E-state index in [4.69, 9.17) is 14.2 Å². The van der Waals surface area contributed by atoms with Crippen LogP contribution in [0.4, 0.5) is 0 Å². The van der Waals surface area contributed by atoms with Gasteiger partial charge in [0, 0.05) is 19.4 Å². The first-order valence-corrected chi connectivity index (χ1v) is 20.2. The van der Waals surface area contributed by atoms with E-state index in [0.717, 1.165) is 51.4 Å². The van der Waals surface area contributed by atoms with Crippen LogP contribution < -0.4 is 0 Å². The van der Waals surface area contributed by atoms with Crippen LogP contribution in [0.5, 0.6) is 0 Å². The van der Waals surface area contributed by atoms with Crippen molar-refractivity contribution >= 4 is 11.9 Å². The molecule has 5 heteroatoms. The maximum absolute atomic E-state index is 12.6. The minimum Gasteiger partial charge on any atom is -0.462 e. The van der Waals surface area contributed by atoms with Gasteiger partial charge in [-0.3, -0.25) is 9.59 Å². The highest BCUT2D eigenvalue weighted by atomic mass is 16.6. The van der Waals surface area contributed by atoms with Crippen LogP contribution in [0.3, 0.4) is 0 Å². The Morgan fingerprint density at radius 3 is 1.35 bits per heavy atom. The number of unbranched alkanes of at least 4 members (excludes halogenated alkanes) is 24. The van der Waals surface area contributed by atoms with E-state index in [1.807, 2.05) is 0 Å². The van der Waals surface area contributed by atoms with Crippen molar-refractivity contribution in [2.75, 3.05) is 19.8 Å². The smallest absolute Gasteiger partial charge is 0.306 e. The first-order valence-electron chi connectivity index (χ1n) is 20.2. The van der Waals surface area contributed by atoms with Crippen LogP contribution in [0.2, 0.25) is 0 Å². The van der Waals surface area contributed by atoms with E-state index in [1.165, 1.54) is 128 Å². The lowest BCUT2D eigenvalue weighted by molar-refractivity contribution is -0.163. The molecule has 0 saturated carbocycles. The van der Waals surface area contributed by atoms with Gasteiger partial charge in [-0.05, 0) is 44.9 Å². The van der Waals surface area contributed by atoms with Gasteiger partial charge in [-0.1, -0.05) is 168 Å². The topological polar surface area (TPSA) is 61.8 Å². The molecular weight excluding hydrogens is 572 g/mol. The Bertz CT molecular complexity index is 661. The van der Waals surface area contributed by atoms with Crippen LogP contribution in [0.1, 0.15) is 213 Å². The van der Waals surface area contributed by atoms with Crippen molar-refractivity contribution in [2.45, 2.75) is 219 Å². The second-order valence-electron chi connectivity index (χ2n) is 13.6. The highest BCUT2D eigenvalue weighted by Gasteiger charge is 2.17. The molecule has 0 aromatic carbocycles. The summed E-state index contributed by atoms with van der Waals surface area (Å²) in [4.78, 5) is 25.0. The number of carbonyl (C=O) groups excluding carboxylic acids is 2. The number of ether oxygens (including phenoxy) is 3. The predicted octanol–water partition coefficient (Wildman–Crippen LogP) is 12.8. The number of rotatable bonds is 37. The molecule has 0 heterocycles. The van der Waals surface area contributed by atoms with Gasteiger partial charge in [0.1, 0.15) is 6.61 Å². The monoisotopic (exact) mass is 651 g/mol. The molecule has 0 bridgehead atoms. The quantitative estimate of drug-likeness (QED) is 0.0380. The second kappa shape index (κ2) is 38.1. The van der Waals surface area contributed by atoms with E-state index in [1.54, 1.807) is 0 Å². The summed E-state index contributed by atoms with van der Waals surface area (Å²) in [6, 6.07) is 0. The van der Waals surface area contributed by atoms with Crippen molar-refractivity contribution in [3.05, 3.63) is 12.2 Å². The largest absolute Gasteiger partial charge is 0.462 e. The lowest BCUT2D eigenvalue weighted by atomic mass is 10.1. The molecule has 0 spiro atoms. The van der Waals surface area contributed by atoms with Gasteiger partial charge in [0.15, 0.2) is 6.10 Å². The molecule has 0 aromatic heterocycles. The van der Waals surface area contributed by atoms with Crippen LogP contribution in [0, 0.1) is 0 Å². The molecule has 5 nitrogen and oxygen atoms in total. The molecule has 0 saturated heterocycles. The molecule has 0 aliphatic heterocycles. The number of allylic oxidation sites excluding steroid dienone is 2. The van der Waals surface area contributed by atoms with Gasteiger partial charge < -0.3 is 14.2 Å². The van der Waals surface area contributed by atoms with Gasteiger partial charge in [-0.2, -0.15) is 0 Å². The lowest BCUT2D eigenvalue weighted by Crippen LogP contribution is -2.30. The number of esters is 2. The summed E-state index contributed by atoms with van der Waals surface area (Å²) in [6.45, 7) is 7.77. The Hall–Kier alpha value is -1.36. The minimum atomic E-state index is -0.524. The van der Waals surface area contributed by atoms with E-state index < -0.39 is 6.10 Å². The predicted molar refractivity (Wildman–Crippen MR) is 196 cm³/mol. The summed E-state index contributed by atoms with van der Waals surface area (Å²) in [5, 5.41) is 0. The molecule has 1 unspecified atom stereocenters. The maximum atomic E-state index is 12.6. The van der Waals surface area contributed by atoms with Crippen LogP contribution in [-0.2, 0) is 23.8 Å². The van der Waals surface area contributed by atoms with E-state index in [-0.39, 0.29) is 18.5 Å². The fraction of sp³-hybridized carbons (Fsp3) is 0.902. The number of carbonyl (C=O) groups is 2. The zero-order valence-corrected chi connectivity index (χ0v) is 31.1. The number of hydrogen-bond donors (Lipinski definition) is 0. The minimum absolute atomic E-state index is 0.0874.